The summed E-state index contributed by atoms with van der Waals surface area (Å²) in [6, 6.07) is 0. The highest BCUT2D eigenvalue weighted by Gasteiger charge is 1.96. The second-order valence-electron chi connectivity index (χ2n) is 4.84. The molecule has 0 aliphatic carbocycles. The molecule has 0 aromatic carbocycles. The number of nitrogens with one attached hydrogen (secondary N) is 1. The molecule has 0 bridgehead atoms. The minimum Gasteiger partial charge on any atom is -0.481 e. The van der Waals surface area contributed by atoms with E-state index in [0.29, 0.717) is 6.54 Å². The Balaban J connectivity index is 2.96. The maximum absolute atomic E-state index is 10.2. The number of rotatable bonds is 11. The van der Waals surface area contributed by atoms with Gasteiger partial charge in [0.15, 0.2) is 0 Å². The van der Waals surface area contributed by atoms with Gasteiger partial charge in [-0.1, -0.05) is 46.0 Å². The fraction of sp³-hybridized carbons (Fsp3) is 0.923. The molecule has 3 heteroatoms. The average Bonchev–Trinajstić information content (AvgIpc) is 2.20. The van der Waals surface area contributed by atoms with Crippen LogP contribution in [0.5, 0.6) is 0 Å². The number of carboxylic acids is 1. The highest BCUT2D eigenvalue weighted by Crippen LogP contribution is 2.10. The zero-order valence-electron chi connectivity index (χ0n) is 10.8. The lowest BCUT2D eigenvalue weighted by Gasteiger charge is -2.05. The Morgan fingerprint density at radius 3 is 2.31 bits per heavy atom. The summed E-state index contributed by atoms with van der Waals surface area (Å²) < 4.78 is 0. The summed E-state index contributed by atoms with van der Waals surface area (Å²) in [7, 11) is 0. The fourth-order valence-electron chi connectivity index (χ4n) is 1.65. The fourth-order valence-corrected chi connectivity index (χ4v) is 1.65. The van der Waals surface area contributed by atoms with Gasteiger partial charge in [-0.3, -0.25) is 4.79 Å². The zero-order chi connectivity index (χ0) is 12.2. The largest absolute Gasteiger partial charge is 0.481 e. The van der Waals surface area contributed by atoms with E-state index in [1.165, 1.54) is 38.5 Å². The maximum Gasteiger partial charge on any atom is 0.304 e. The molecule has 0 heterocycles. The van der Waals surface area contributed by atoms with Gasteiger partial charge in [-0.2, -0.15) is 0 Å². The van der Waals surface area contributed by atoms with Crippen LogP contribution in [0.15, 0.2) is 0 Å². The molecule has 2 N–H and O–H groups in total. The molecule has 0 aliphatic rings. The first kappa shape index (κ1) is 15.4. The summed E-state index contributed by atoms with van der Waals surface area (Å²) in [6.07, 6.45) is 8.01. The van der Waals surface area contributed by atoms with Gasteiger partial charge in [-0.15, -0.1) is 0 Å². The van der Waals surface area contributed by atoms with E-state index in [0.717, 1.165) is 12.5 Å². The maximum atomic E-state index is 10.2. The average molecular weight is 229 g/mol. The van der Waals surface area contributed by atoms with Gasteiger partial charge < -0.3 is 10.4 Å². The van der Waals surface area contributed by atoms with Gasteiger partial charge in [0.25, 0.3) is 0 Å². The number of hydrogen-bond donors (Lipinski definition) is 2. The van der Waals surface area contributed by atoms with Crippen molar-refractivity contribution in [3.63, 3.8) is 0 Å². The van der Waals surface area contributed by atoms with Crippen LogP contribution in [0, 0.1) is 5.92 Å². The molecule has 0 aromatic heterocycles. The quantitative estimate of drug-likeness (QED) is 0.535. The van der Waals surface area contributed by atoms with Crippen molar-refractivity contribution in [2.75, 3.05) is 13.1 Å². The van der Waals surface area contributed by atoms with Crippen LogP contribution >= 0.6 is 0 Å². The van der Waals surface area contributed by atoms with Gasteiger partial charge in [0, 0.05) is 6.54 Å². The molecule has 0 atom stereocenters. The van der Waals surface area contributed by atoms with Crippen LogP contribution in [0.25, 0.3) is 0 Å². The molecule has 0 fully saturated rings. The molecule has 0 amide bonds. The van der Waals surface area contributed by atoms with Gasteiger partial charge >= 0.3 is 5.97 Å². The first-order valence-electron chi connectivity index (χ1n) is 6.55. The van der Waals surface area contributed by atoms with Crippen LogP contribution in [0.3, 0.4) is 0 Å². The van der Waals surface area contributed by atoms with Crippen molar-refractivity contribution in [2.24, 2.45) is 5.92 Å². The zero-order valence-corrected chi connectivity index (χ0v) is 10.8. The van der Waals surface area contributed by atoms with Crippen molar-refractivity contribution in [1.29, 1.82) is 0 Å². The van der Waals surface area contributed by atoms with Crippen LogP contribution in [-0.2, 0) is 4.79 Å². The van der Waals surface area contributed by atoms with Crippen molar-refractivity contribution < 1.29 is 9.90 Å². The van der Waals surface area contributed by atoms with E-state index in [-0.39, 0.29) is 6.42 Å². The standard InChI is InChI=1S/C13H27NO2/c1-12(2)8-6-4-3-5-7-10-14-11-9-13(15)16/h12,14H,3-11H2,1-2H3,(H,15,16). The van der Waals surface area contributed by atoms with Gasteiger partial charge in [0.1, 0.15) is 0 Å². The summed E-state index contributed by atoms with van der Waals surface area (Å²) in [5, 5.41) is 11.6. The first-order valence-corrected chi connectivity index (χ1v) is 6.55. The van der Waals surface area contributed by atoms with Crippen LogP contribution in [0.1, 0.15) is 58.8 Å². The lowest BCUT2D eigenvalue weighted by Crippen LogP contribution is -2.19. The van der Waals surface area contributed by atoms with E-state index in [1.54, 1.807) is 0 Å². The van der Waals surface area contributed by atoms with Gasteiger partial charge in [-0.25, -0.2) is 0 Å². The minimum absolute atomic E-state index is 0.231. The third-order valence-corrected chi connectivity index (χ3v) is 2.65. The van der Waals surface area contributed by atoms with Crippen molar-refractivity contribution in [3.8, 4) is 0 Å². The van der Waals surface area contributed by atoms with Gasteiger partial charge in [0.05, 0.1) is 6.42 Å². The third kappa shape index (κ3) is 13.4. The summed E-state index contributed by atoms with van der Waals surface area (Å²) in [4.78, 5) is 10.2. The number of carboxylic acid groups (broad SMARTS) is 1. The topological polar surface area (TPSA) is 49.3 Å². The van der Waals surface area contributed by atoms with Crippen LogP contribution in [0.2, 0.25) is 0 Å². The number of hydrogen-bond acceptors (Lipinski definition) is 2. The molecule has 0 saturated heterocycles. The lowest BCUT2D eigenvalue weighted by atomic mass is 10.0. The number of carbonyl (C=O) groups is 1. The second-order valence-corrected chi connectivity index (χ2v) is 4.84. The van der Waals surface area contributed by atoms with Crippen molar-refractivity contribution in [2.45, 2.75) is 58.8 Å². The smallest absolute Gasteiger partial charge is 0.304 e. The SMILES string of the molecule is CC(C)CCCCCCCNCCC(=O)O. The number of aliphatic carboxylic acids is 1. The number of unbranched alkanes of at least 4 members (excludes halogenated alkanes) is 4. The summed E-state index contributed by atoms with van der Waals surface area (Å²) in [5.41, 5.74) is 0. The molecule has 0 rings (SSSR count). The predicted molar refractivity (Wildman–Crippen MR) is 67.7 cm³/mol. The monoisotopic (exact) mass is 229 g/mol. The molecule has 96 valence electrons. The molecule has 0 unspecified atom stereocenters. The van der Waals surface area contributed by atoms with Gasteiger partial charge in [0.2, 0.25) is 0 Å². The summed E-state index contributed by atoms with van der Waals surface area (Å²) in [5.74, 6) is 0.110. The predicted octanol–water partition coefficient (Wildman–Crippen LogP) is 3.05. The lowest BCUT2D eigenvalue weighted by molar-refractivity contribution is -0.136. The Kier molecular flexibility index (Phi) is 10.5. The molecular formula is C13H27NO2. The first-order chi connectivity index (χ1) is 7.63. The Hall–Kier alpha value is -0.570. The molecule has 0 radical (unpaired) electrons. The van der Waals surface area contributed by atoms with E-state index in [9.17, 15) is 4.79 Å². The van der Waals surface area contributed by atoms with Crippen molar-refractivity contribution in [1.82, 2.24) is 5.32 Å². The van der Waals surface area contributed by atoms with Crippen molar-refractivity contribution in [3.05, 3.63) is 0 Å². The summed E-state index contributed by atoms with van der Waals surface area (Å²) in [6.45, 7) is 6.10. The summed E-state index contributed by atoms with van der Waals surface area (Å²) >= 11 is 0. The third-order valence-electron chi connectivity index (χ3n) is 2.65. The van der Waals surface area contributed by atoms with Crippen molar-refractivity contribution >= 4 is 5.97 Å². The molecule has 0 aliphatic heterocycles. The Bertz CT molecular complexity index is 169. The van der Waals surface area contributed by atoms with E-state index in [1.807, 2.05) is 0 Å². The molecule has 3 nitrogen and oxygen atoms in total. The van der Waals surface area contributed by atoms with E-state index in [2.05, 4.69) is 19.2 Å². The molecule has 0 saturated carbocycles. The second kappa shape index (κ2) is 10.9. The molecular weight excluding hydrogens is 202 g/mol. The van der Waals surface area contributed by atoms with Crippen LogP contribution in [-0.4, -0.2) is 24.2 Å². The molecule has 16 heavy (non-hydrogen) atoms. The van der Waals surface area contributed by atoms with Crippen LogP contribution < -0.4 is 5.32 Å². The normalized spacial score (nSPS) is 10.9. The van der Waals surface area contributed by atoms with Crippen LogP contribution in [0.4, 0.5) is 0 Å². The van der Waals surface area contributed by atoms with Gasteiger partial charge in [-0.05, 0) is 18.9 Å². The van der Waals surface area contributed by atoms with E-state index in [4.69, 9.17) is 5.11 Å². The highest BCUT2D eigenvalue weighted by atomic mass is 16.4. The Morgan fingerprint density at radius 2 is 1.69 bits per heavy atom. The van der Waals surface area contributed by atoms with E-state index < -0.39 is 5.97 Å². The molecule has 0 spiro atoms. The highest BCUT2D eigenvalue weighted by molar-refractivity contribution is 5.66. The molecule has 0 aromatic rings. The van der Waals surface area contributed by atoms with E-state index >= 15 is 0 Å². The minimum atomic E-state index is -0.721. The Morgan fingerprint density at radius 1 is 1.06 bits per heavy atom. The Labute approximate surface area is 99.6 Å².